The second-order valence-electron chi connectivity index (χ2n) is 4.66. The summed E-state index contributed by atoms with van der Waals surface area (Å²) in [6.45, 7) is 8.54. The molecular formula is C17H19NO4S. The first-order chi connectivity index (χ1) is 11.1. The van der Waals surface area contributed by atoms with Gasteiger partial charge in [0, 0.05) is 6.54 Å². The van der Waals surface area contributed by atoms with Crippen LogP contribution < -0.4 is 9.47 Å². The molecule has 1 aliphatic heterocycles. The van der Waals surface area contributed by atoms with Gasteiger partial charge in [-0.05, 0) is 49.4 Å². The van der Waals surface area contributed by atoms with Crippen LogP contribution in [-0.2, 0) is 4.79 Å². The fourth-order valence-corrected chi connectivity index (χ4v) is 2.98. The Morgan fingerprint density at radius 1 is 1.22 bits per heavy atom. The normalized spacial score (nSPS) is 16.1. The molecule has 1 fully saturated rings. The number of nitrogens with zero attached hydrogens (tertiary/aromatic N) is 1. The molecule has 0 atom stereocenters. The van der Waals surface area contributed by atoms with Gasteiger partial charge < -0.3 is 9.47 Å². The maximum atomic E-state index is 12.1. The molecular weight excluding hydrogens is 314 g/mol. The fourth-order valence-electron chi connectivity index (χ4n) is 2.07. The van der Waals surface area contributed by atoms with E-state index in [0.717, 1.165) is 17.3 Å². The first-order valence-electron chi connectivity index (χ1n) is 7.36. The quantitative estimate of drug-likeness (QED) is 0.562. The third-order valence-corrected chi connectivity index (χ3v) is 4.02. The largest absolute Gasteiger partial charge is 0.490 e. The Hall–Kier alpha value is -2.21. The van der Waals surface area contributed by atoms with Gasteiger partial charge in [0.25, 0.3) is 11.1 Å². The second kappa shape index (κ2) is 7.87. The summed E-state index contributed by atoms with van der Waals surface area (Å²) in [6, 6.07) is 5.40. The molecule has 0 radical (unpaired) electrons. The summed E-state index contributed by atoms with van der Waals surface area (Å²) >= 11 is 0.952. The Labute approximate surface area is 139 Å². The van der Waals surface area contributed by atoms with E-state index in [-0.39, 0.29) is 11.1 Å². The summed E-state index contributed by atoms with van der Waals surface area (Å²) in [5.41, 5.74) is 0.779. The van der Waals surface area contributed by atoms with E-state index in [9.17, 15) is 9.59 Å². The molecule has 0 bridgehead atoms. The zero-order chi connectivity index (χ0) is 16.8. The number of hydrogen-bond donors (Lipinski definition) is 0. The first-order valence-corrected chi connectivity index (χ1v) is 8.18. The van der Waals surface area contributed by atoms with Gasteiger partial charge in [-0.3, -0.25) is 14.5 Å². The highest BCUT2D eigenvalue weighted by atomic mass is 32.2. The van der Waals surface area contributed by atoms with Crippen LogP contribution in [0.5, 0.6) is 11.5 Å². The van der Waals surface area contributed by atoms with Gasteiger partial charge >= 0.3 is 0 Å². The topological polar surface area (TPSA) is 55.8 Å². The SMILES string of the molecule is C=CCOc1ccc(C=C2SC(=O)N(CC)C2=O)cc1OCC. The van der Waals surface area contributed by atoms with Crippen LogP contribution >= 0.6 is 11.8 Å². The third kappa shape index (κ3) is 3.96. The van der Waals surface area contributed by atoms with Gasteiger partial charge in [0.05, 0.1) is 11.5 Å². The summed E-state index contributed by atoms with van der Waals surface area (Å²) in [4.78, 5) is 25.5. The number of carbonyl (C=O) groups is 2. The summed E-state index contributed by atoms with van der Waals surface area (Å²) in [6.07, 6.45) is 3.35. The van der Waals surface area contributed by atoms with Crippen LogP contribution in [0.15, 0.2) is 35.8 Å². The Kier molecular flexibility index (Phi) is 5.87. The molecule has 6 heteroatoms. The van der Waals surface area contributed by atoms with E-state index in [1.165, 1.54) is 4.90 Å². The summed E-state index contributed by atoms with van der Waals surface area (Å²) < 4.78 is 11.1. The molecule has 5 nitrogen and oxygen atoms in total. The van der Waals surface area contributed by atoms with Gasteiger partial charge in [-0.1, -0.05) is 18.7 Å². The number of likely N-dealkylation sites (N-methyl/N-ethyl adjacent to an activating group) is 1. The van der Waals surface area contributed by atoms with Crippen molar-refractivity contribution in [3.8, 4) is 11.5 Å². The van der Waals surface area contributed by atoms with Crippen LogP contribution in [0.1, 0.15) is 19.4 Å². The van der Waals surface area contributed by atoms with Crippen LogP contribution in [-0.4, -0.2) is 35.8 Å². The smallest absolute Gasteiger partial charge is 0.293 e. The standard InChI is InChI=1S/C17H19NO4S/c1-4-9-22-13-8-7-12(10-14(13)21-6-3)11-15-16(19)18(5-2)17(20)23-15/h4,7-8,10-11H,1,5-6,9H2,2-3H3. The van der Waals surface area contributed by atoms with Crippen molar-refractivity contribution in [2.45, 2.75) is 13.8 Å². The lowest BCUT2D eigenvalue weighted by atomic mass is 10.2. The minimum atomic E-state index is -0.257. The second-order valence-corrected chi connectivity index (χ2v) is 5.66. The Morgan fingerprint density at radius 2 is 2.00 bits per heavy atom. The third-order valence-electron chi connectivity index (χ3n) is 3.11. The van der Waals surface area contributed by atoms with Crippen LogP contribution in [0.25, 0.3) is 6.08 Å². The van der Waals surface area contributed by atoms with Gasteiger partial charge in [0.1, 0.15) is 6.61 Å². The number of thioether (sulfide) groups is 1. The van der Waals surface area contributed by atoms with Gasteiger partial charge in [0.2, 0.25) is 0 Å². The van der Waals surface area contributed by atoms with Crippen molar-refractivity contribution in [1.82, 2.24) is 4.90 Å². The molecule has 1 heterocycles. The van der Waals surface area contributed by atoms with Crippen LogP contribution in [0.4, 0.5) is 4.79 Å². The molecule has 2 amide bonds. The number of hydrogen-bond acceptors (Lipinski definition) is 5. The minimum absolute atomic E-state index is 0.236. The molecule has 1 saturated heterocycles. The van der Waals surface area contributed by atoms with Crippen molar-refractivity contribution >= 4 is 29.0 Å². The van der Waals surface area contributed by atoms with E-state index in [4.69, 9.17) is 9.47 Å². The van der Waals surface area contributed by atoms with Crippen molar-refractivity contribution < 1.29 is 19.1 Å². The van der Waals surface area contributed by atoms with Crippen molar-refractivity contribution in [3.05, 3.63) is 41.3 Å². The average Bonchev–Trinajstić information content (AvgIpc) is 2.80. The lowest BCUT2D eigenvalue weighted by molar-refractivity contribution is -0.122. The van der Waals surface area contributed by atoms with E-state index in [1.54, 1.807) is 31.2 Å². The monoisotopic (exact) mass is 333 g/mol. The number of benzene rings is 1. The number of carbonyl (C=O) groups excluding carboxylic acids is 2. The molecule has 122 valence electrons. The number of amides is 2. The molecule has 0 spiro atoms. The highest BCUT2D eigenvalue weighted by Gasteiger charge is 2.33. The van der Waals surface area contributed by atoms with E-state index >= 15 is 0 Å². The Bertz CT molecular complexity index is 654. The zero-order valence-electron chi connectivity index (χ0n) is 13.2. The molecule has 0 aromatic heterocycles. The summed E-state index contributed by atoms with van der Waals surface area (Å²) in [7, 11) is 0. The van der Waals surface area contributed by atoms with Crippen molar-refractivity contribution in [2.75, 3.05) is 19.8 Å². The summed E-state index contributed by atoms with van der Waals surface area (Å²) in [5, 5.41) is -0.236. The molecule has 23 heavy (non-hydrogen) atoms. The lowest BCUT2D eigenvalue weighted by Crippen LogP contribution is -2.27. The number of imide groups is 1. The highest BCUT2D eigenvalue weighted by molar-refractivity contribution is 8.18. The van der Waals surface area contributed by atoms with Gasteiger partial charge in [-0.25, -0.2) is 0 Å². The molecule has 0 saturated carbocycles. The molecule has 2 rings (SSSR count). The van der Waals surface area contributed by atoms with Gasteiger partial charge in [-0.2, -0.15) is 0 Å². The molecule has 1 aliphatic rings. The Balaban J connectivity index is 2.28. The number of rotatable bonds is 7. The predicted octanol–water partition coefficient (Wildman–Crippen LogP) is 3.71. The fraction of sp³-hybridized carbons (Fsp3) is 0.294. The maximum absolute atomic E-state index is 12.1. The van der Waals surface area contributed by atoms with Crippen molar-refractivity contribution in [2.24, 2.45) is 0 Å². The molecule has 1 aromatic carbocycles. The zero-order valence-corrected chi connectivity index (χ0v) is 14.0. The lowest BCUT2D eigenvalue weighted by Gasteiger charge is -2.11. The van der Waals surface area contributed by atoms with Crippen LogP contribution in [0.2, 0.25) is 0 Å². The number of ether oxygens (including phenoxy) is 2. The van der Waals surface area contributed by atoms with Crippen LogP contribution in [0.3, 0.4) is 0 Å². The van der Waals surface area contributed by atoms with E-state index in [1.807, 2.05) is 13.0 Å². The van der Waals surface area contributed by atoms with Crippen LogP contribution in [0, 0.1) is 0 Å². The molecule has 0 N–H and O–H groups in total. The van der Waals surface area contributed by atoms with E-state index in [2.05, 4.69) is 6.58 Å². The molecule has 0 unspecified atom stereocenters. The maximum Gasteiger partial charge on any atom is 0.293 e. The average molecular weight is 333 g/mol. The minimum Gasteiger partial charge on any atom is -0.490 e. The first kappa shape index (κ1) is 17.1. The highest BCUT2D eigenvalue weighted by Crippen LogP contribution is 2.34. The van der Waals surface area contributed by atoms with E-state index < -0.39 is 0 Å². The summed E-state index contributed by atoms with van der Waals surface area (Å²) in [5.74, 6) is 0.954. The Morgan fingerprint density at radius 3 is 2.61 bits per heavy atom. The van der Waals surface area contributed by atoms with Crippen molar-refractivity contribution in [1.29, 1.82) is 0 Å². The molecule has 0 aliphatic carbocycles. The predicted molar refractivity (Wildman–Crippen MR) is 91.7 cm³/mol. The van der Waals surface area contributed by atoms with Gasteiger partial charge in [-0.15, -0.1) is 0 Å². The van der Waals surface area contributed by atoms with E-state index in [0.29, 0.717) is 36.2 Å². The van der Waals surface area contributed by atoms with Crippen molar-refractivity contribution in [3.63, 3.8) is 0 Å². The molecule has 1 aromatic rings. The van der Waals surface area contributed by atoms with Gasteiger partial charge in [0.15, 0.2) is 11.5 Å².